The summed E-state index contributed by atoms with van der Waals surface area (Å²) in [5.41, 5.74) is 1.37. The number of hydrogen-bond acceptors (Lipinski definition) is 2. The molecule has 5 heteroatoms. The van der Waals surface area contributed by atoms with E-state index in [1.165, 1.54) is 0 Å². The summed E-state index contributed by atoms with van der Waals surface area (Å²) in [6.07, 6.45) is 3.35. The summed E-state index contributed by atoms with van der Waals surface area (Å²) >= 11 is 6.06. The number of amides is 1. The highest BCUT2D eigenvalue weighted by Crippen LogP contribution is 2.19. The van der Waals surface area contributed by atoms with Crippen LogP contribution in [0.3, 0.4) is 0 Å². The molecule has 88 valence electrons. The van der Waals surface area contributed by atoms with E-state index in [-0.39, 0.29) is 5.91 Å². The molecule has 1 aromatic carbocycles. The second kappa shape index (κ2) is 5.01. The van der Waals surface area contributed by atoms with Crippen LogP contribution in [0, 0.1) is 6.92 Å². The fraction of sp³-hybridized carbons (Fsp3) is 0.167. The van der Waals surface area contributed by atoms with Crippen molar-refractivity contribution in [3.63, 3.8) is 0 Å². The zero-order valence-electron chi connectivity index (χ0n) is 9.33. The number of halogens is 1. The number of nitrogens with zero attached hydrogens (tertiary/aromatic N) is 1. The number of hydrogen-bond donors (Lipinski definition) is 2. The summed E-state index contributed by atoms with van der Waals surface area (Å²) in [5, 5.41) is 3.24. The number of rotatable bonds is 3. The SMILES string of the molecule is Cc1cccc(C(=O)NCc2ncc[nH]2)c1Cl. The van der Waals surface area contributed by atoms with Crippen LogP contribution in [0.15, 0.2) is 30.6 Å². The van der Waals surface area contributed by atoms with Crippen molar-refractivity contribution in [3.05, 3.63) is 52.6 Å². The minimum atomic E-state index is -0.199. The van der Waals surface area contributed by atoms with Gasteiger partial charge in [0.15, 0.2) is 0 Å². The summed E-state index contributed by atoms with van der Waals surface area (Å²) in [6, 6.07) is 5.38. The first-order chi connectivity index (χ1) is 8.18. The Morgan fingerprint density at radius 3 is 3.06 bits per heavy atom. The Kier molecular flexibility index (Phi) is 3.44. The highest BCUT2D eigenvalue weighted by molar-refractivity contribution is 6.34. The van der Waals surface area contributed by atoms with Crippen LogP contribution in [-0.4, -0.2) is 15.9 Å². The normalized spacial score (nSPS) is 10.2. The number of H-pyrrole nitrogens is 1. The van der Waals surface area contributed by atoms with Crippen molar-refractivity contribution in [1.29, 1.82) is 0 Å². The Labute approximate surface area is 104 Å². The molecular formula is C12H12ClN3O. The maximum atomic E-state index is 11.9. The molecule has 0 saturated heterocycles. The van der Waals surface area contributed by atoms with Crippen LogP contribution < -0.4 is 5.32 Å². The Hall–Kier alpha value is -1.81. The van der Waals surface area contributed by atoms with Gasteiger partial charge in [-0.1, -0.05) is 23.7 Å². The molecule has 1 aromatic heterocycles. The van der Waals surface area contributed by atoms with Gasteiger partial charge in [-0.2, -0.15) is 0 Å². The average Bonchev–Trinajstić information content (AvgIpc) is 2.82. The van der Waals surface area contributed by atoms with Crippen LogP contribution in [0.4, 0.5) is 0 Å². The molecule has 0 aliphatic heterocycles. The summed E-state index contributed by atoms with van der Waals surface area (Å²) in [7, 11) is 0. The molecule has 0 spiro atoms. The number of aromatic nitrogens is 2. The quantitative estimate of drug-likeness (QED) is 0.877. The number of carbonyl (C=O) groups excluding carboxylic acids is 1. The first-order valence-electron chi connectivity index (χ1n) is 5.20. The van der Waals surface area contributed by atoms with Gasteiger partial charge in [-0.25, -0.2) is 4.98 Å². The first-order valence-corrected chi connectivity index (χ1v) is 5.58. The Balaban J connectivity index is 2.07. The van der Waals surface area contributed by atoms with Crippen molar-refractivity contribution in [2.24, 2.45) is 0 Å². The topological polar surface area (TPSA) is 57.8 Å². The smallest absolute Gasteiger partial charge is 0.253 e. The molecule has 0 radical (unpaired) electrons. The lowest BCUT2D eigenvalue weighted by atomic mass is 10.1. The molecule has 2 rings (SSSR count). The van der Waals surface area contributed by atoms with Gasteiger partial charge in [-0.05, 0) is 18.6 Å². The summed E-state index contributed by atoms with van der Waals surface area (Å²) in [4.78, 5) is 18.8. The zero-order chi connectivity index (χ0) is 12.3. The molecule has 1 amide bonds. The average molecular weight is 250 g/mol. The molecule has 2 aromatic rings. The van der Waals surface area contributed by atoms with E-state index < -0.39 is 0 Å². The van der Waals surface area contributed by atoms with Crippen LogP contribution in [0.25, 0.3) is 0 Å². The van der Waals surface area contributed by atoms with E-state index in [1.807, 2.05) is 19.1 Å². The monoisotopic (exact) mass is 249 g/mol. The fourth-order valence-electron chi connectivity index (χ4n) is 1.48. The van der Waals surface area contributed by atoms with Gasteiger partial charge in [0.2, 0.25) is 0 Å². The van der Waals surface area contributed by atoms with Gasteiger partial charge >= 0.3 is 0 Å². The van der Waals surface area contributed by atoms with Crippen LogP contribution in [0.5, 0.6) is 0 Å². The Morgan fingerprint density at radius 2 is 2.35 bits per heavy atom. The molecule has 0 unspecified atom stereocenters. The predicted molar refractivity (Wildman–Crippen MR) is 65.9 cm³/mol. The fourth-order valence-corrected chi connectivity index (χ4v) is 1.69. The van der Waals surface area contributed by atoms with Gasteiger partial charge in [0.1, 0.15) is 5.82 Å². The third-order valence-corrected chi connectivity index (χ3v) is 2.91. The van der Waals surface area contributed by atoms with E-state index >= 15 is 0 Å². The molecule has 1 heterocycles. The standard InChI is InChI=1S/C12H12ClN3O/c1-8-3-2-4-9(11(8)13)12(17)16-7-10-14-5-6-15-10/h2-6H,7H2,1H3,(H,14,15)(H,16,17). The van der Waals surface area contributed by atoms with Gasteiger partial charge < -0.3 is 10.3 Å². The summed E-state index contributed by atoms with van der Waals surface area (Å²) in [6.45, 7) is 2.22. The first kappa shape index (κ1) is 11.7. The van der Waals surface area contributed by atoms with Crippen LogP contribution in [0.1, 0.15) is 21.7 Å². The van der Waals surface area contributed by atoms with E-state index in [4.69, 9.17) is 11.6 Å². The number of aryl methyl sites for hydroxylation is 1. The lowest BCUT2D eigenvalue weighted by Crippen LogP contribution is -2.23. The van der Waals surface area contributed by atoms with Crippen molar-refractivity contribution in [1.82, 2.24) is 15.3 Å². The zero-order valence-corrected chi connectivity index (χ0v) is 10.1. The van der Waals surface area contributed by atoms with Crippen LogP contribution in [-0.2, 0) is 6.54 Å². The van der Waals surface area contributed by atoms with Crippen molar-refractivity contribution in [2.45, 2.75) is 13.5 Å². The second-order valence-corrected chi connectivity index (χ2v) is 4.03. The molecule has 4 nitrogen and oxygen atoms in total. The predicted octanol–water partition coefficient (Wildman–Crippen LogP) is 2.30. The lowest BCUT2D eigenvalue weighted by molar-refractivity contribution is 0.0950. The number of nitrogens with one attached hydrogen (secondary N) is 2. The molecule has 0 aliphatic carbocycles. The molecule has 0 atom stereocenters. The van der Waals surface area contributed by atoms with Crippen LogP contribution >= 0.6 is 11.6 Å². The van der Waals surface area contributed by atoms with E-state index in [2.05, 4.69) is 15.3 Å². The second-order valence-electron chi connectivity index (χ2n) is 3.65. The maximum absolute atomic E-state index is 11.9. The van der Waals surface area contributed by atoms with E-state index in [1.54, 1.807) is 18.5 Å². The lowest BCUT2D eigenvalue weighted by Gasteiger charge is -2.06. The van der Waals surface area contributed by atoms with Gasteiger partial charge in [-0.15, -0.1) is 0 Å². The molecular weight excluding hydrogens is 238 g/mol. The highest BCUT2D eigenvalue weighted by Gasteiger charge is 2.11. The molecule has 0 aliphatic rings. The van der Waals surface area contributed by atoms with E-state index in [9.17, 15) is 4.79 Å². The molecule has 0 saturated carbocycles. The molecule has 17 heavy (non-hydrogen) atoms. The van der Waals surface area contributed by atoms with Crippen molar-refractivity contribution >= 4 is 17.5 Å². The molecule has 0 bridgehead atoms. The van der Waals surface area contributed by atoms with Crippen molar-refractivity contribution in [3.8, 4) is 0 Å². The summed E-state index contributed by atoms with van der Waals surface area (Å²) < 4.78 is 0. The van der Waals surface area contributed by atoms with E-state index in [0.29, 0.717) is 23.0 Å². The van der Waals surface area contributed by atoms with Gasteiger partial charge in [0.25, 0.3) is 5.91 Å². The minimum absolute atomic E-state index is 0.199. The van der Waals surface area contributed by atoms with Gasteiger partial charge in [-0.3, -0.25) is 4.79 Å². The third-order valence-electron chi connectivity index (χ3n) is 2.41. The molecule has 2 N–H and O–H groups in total. The minimum Gasteiger partial charge on any atom is -0.347 e. The van der Waals surface area contributed by atoms with Gasteiger partial charge in [0, 0.05) is 12.4 Å². The van der Waals surface area contributed by atoms with Gasteiger partial charge in [0.05, 0.1) is 17.1 Å². The van der Waals surface area contributed by atoms with Crippen molar-refractivity contribution < 1.29 is 4.79 Å². The van der Waals surface area contributed by atoms with E-state index in [0.717, 1.165) is 5.56 Å². The largest absolute Gasteiger partial charge is 0.347 e. The maximum Gasteiger partial charge on any atom is 0.253 e. The summed E-state index contributed by atoms with van der Waals surface area (Å²) in [5.74, 6) is 0.511. The number of imidazole rings is 1. The van der Waals surface area contributed by atoms with Crippen molar-refractivity contribution in [2.75, 3.05) is 0 Å². The molecule has 0 fully saturated rings. The third kappa shape index (κ3) is 2.65. The number of aromatic amines is 1. The Morgan fingerprint density at radius 1 is 1.53 bits per heavy atom. The highest BCUT2D eigenvalue weighted by atomic mass is 35.5. The van der Waals surface area contributed by atoms with Crippen LogP contribution in [0.2, 0.25) is 5.02 Å². The Bertz CT molecular complexity index is 523. The number of carbonyl (C=O) groups is 1. The number of benzene rings is 1.